The third-order valence-electron chi connectivity index (χ3n) is 9.16. The van der Waals surface area contributed by atoms with E-state index in [0.29, 0.717) is 6.42 Å². The van der Waals surface area contributed by atoms with E-state index in [1.165, 1.54) is 135 Å². The van der Waals surface area contributed by atoms with Crippen LogP contribution in [0.25, 0.3) is 0 Å². The average molecular weight is 662 g/mol. The summed E-state index contributed by atoms with van der Waals surface area (Å²) in [5.74, 6) is -0.332. The number of nitrogens with one attached hydrogen (secondary N) is 1. The Balaban J connectivity index is 3.73. The van der Waals surface area contributed by atoms with Crippen molar-refractivity contribution in [3.8, 4) is 0 Å². The van der Waals surface area contributed by atoms with E-state index < -0.39 is 18.2 Å². The van der Waals surface area contributed by atoms with Crippen LogP contribution in [0.4, 0.5) is 0 Å². The standard InChI is InChI=1S/C42H79NO4/c1-3-5-7-9-11-13-14-15-16-17-18-19-20-21-22-23-24-25-26-28-30-32-34-36-41(46)40(38-44)43-42(47)37-39(45)35-33-31-29-27-12-10-8-6-4-2/h22-23,26,28,34,36,39-41,44-46H,3-21,24-25,27,29-33,35,37-38H2,1-2H3,(H,43,47)/b23-22+,28-26+,36-34+. The van der Waals surface area contributed by atoms with Crippen LogP contribution in [0.2, 0.25) is 0 Å². The molecule has 0 aliphatic heterocycles. The number of hydrogen-bond donors (Lipinski definition) is 4. The maximum Gasteiger partial charge on any atom is 0.222 e. The number of amides is 1. The number of aliphatic hydroxyl groups excluding tert-OH is 3. The second kappa shape index (κ2) is 37.4. The van der Waals surface area contributed by atoms with Gasteiger partial charge in [0.15, 0.2) is 0 Å². The van der Waals surface area contributed by atoms with Crippen LogP contribution >= 0.6 is 0 Å². The first-order valence-electron chi connectivity index (χ1n) is 20.3. The number of hydrogen-bond acceptors (Lipinski definition) is 4. The van der Waals surface area contributed by atoms with Crippen molar-refractivity contribution in [3.05, 3.63) is 36.5 Å². The first-order chi connectivity index (χ1) is 23.0. The highest BCUT2D eigenvalue weighted by molar-refractivity contribution is 5.76. The highest BCUT2D eigenvalue weighted by Crippen LogP contribution is 2.14. The molecule has 47 heavy (non-hydrogen) atoms. The predicted molar refractivity (Wildman–Crippen MR) is 204 cm³/mol. The maximum atomic E-state index is 12.3. The Bertz CT molecular complexity index is 734. The minimum atomic E-state index is -0.956. The molecule has 0 aliphatic carbocycles. The summed E-state index contributed by atoms with van der Waals surface area (Å²) in [4.78, 5) is 12.3. The topological polar surface area (TPSA) is 89.8 Å². The highest BCUT2D eigenvalue weighted by Gasteiger charge is 2.20. The molecule has 0 aromatic carbocycles. The molecule has 4 N–H and O–H groups in total. The number of rotatable bonds is 36. The van der Waals surface area contributed by atoms with Crippen molar-refractivity contribution < 1.29 is 20.1 Å². The summed E-state index contributed by atoms with van der Waals surface area (Å²) < 4.78 is 0. The molecule has 5 nitrogen and oxygen atoms in total. The molecule has 0 fully saturated rings. The minimum Gasteiger partial charge on any atom is -0.394 e. The number of unbranched alkanes of at least 4 members (excludes halogenated alkanes) is 23. The van der Waals surface area contributed by atoms with Gasteiger partial charge in [0.05, 0.1) is 31.3 Å². The molecule has 0 saturated heterocycles. The van der Waals surface area contributed by atoms with E-state index in [-0.39, 0.29) is 18.9 Å². The Kier molecular flexibility index (Phi) is 36.3. The maximum absolute atomic E-state index is 12.3. The van der Waals surface area contributed by atoms with Gasteiger partial charge in [-0.05, 0) is 44.9 Å². The van der Waals surface area contributed by atoms with E-state index in [0.717, 1.165) is 38.5 Å². The zero-order valence-electron chi connectivity index (χ0n) is 31.2. The van der Waals surface area contributed by atoms with Gasteiger partial charge in [0.25, 0.3) is 0 Å². The van der Waals surface area contributed by atoms with Crippen LogP contribution in [0.1, 0.15) is 200 Å². The molecule has 0 spiro atoms. The summed E-state index contributed by atoms with van der Waals surface area (Å²) in [6, 6.07) is -0.763. The summed E-state index contributed by atoms with van der Waals surface area (Å²) >= 11 is 0. The van der Waals surface area contributed by atoms with Gasteiger partial charge in [-0.25, -0.2) is 0 Å². The van der Waals surface area contributed by atoms with Gasteiger partial charge in [-0.3, -0.25) is 4.79 Å². The Hall–Kier alpha value is -1.43. The monoisotopic (exact) mass is 662 g/mol. The van der Waals surface area contributed by atoms with Crippen LogP contribution in [-0.4, -0.2) is 46.1 Å². The number of aliphatic hydroxyl groups is 3. The summed E-state index contributed by atoms with van der Waals surface area (Å²) in [5.41, 5.74) is 0. The highest BCUT2D eigenvalue weighted by atomic mass is 16.3. The fourth-order valence-corrected chi connectivity index (χ4v) is 6.02. The van der Waals surface area contributed by atoms with E-state index in [2.05, 4.69) is 43.5 Å². The molecule has 1 amide bonds. The summed E-state index contributed by atoms with van der Waals surface area (Å²) in [7, 11) is 0. The van der Waals surface area contributed by atoms with Gasteiger partial charge in [0.2, 0.25) is 5.91 Å². The Morgan fingerprint density at radius 1 is 0.532 bits per heavy atom. The molecule has 5 heteroatoms. The van der Waals surface area contributed by atoms with Crippen LogP contribution in [0.5, 0.6) is 0 Å². The molecule has 3 unspecified atom stereocenters. The van der Waals surface area contributed by atoms with Gasteiger partial charge in [-0.15, -0.1) is 0 Å². The molecule has 0 aliphatic rings. The van der Waals surface area contributed by atoms with Gasteiger partial charge < -0.3 is 20.6 Å². The molecular weight excluding hydrogens is 582 g/mol. The first-order valence-corrected chi connectivity index (χ1v) is 20.3. The molecule has 0 rings (SSSR count). The second-order valence-corrected chi connectivity index (χ2v) is 13.9. The van der Waals surface area contributed by atoms with E-state index in [4.69, 9.17) is 0 Å². The zero-order chi connectivity index (χ0) is 34.5. The number of carbonyl (C=O) groups excluding carboxylic acids is 1. The number of allylic oxidation sites excluding steroid dienone is 5. The lowest BCUT2D eigenvalue weighted by Crippen LogP contribution is -2.45. The predicted octanol–water partition coefficient (Wildman–Crippen LogP) is 11.2. The van der Waals surface area contributed by atoms with Crippen molar-refractivity contribution in [1.29, 1.82) is 0 Å². The van der Waals surface area contributed by atoms with Crippen LogP contribution in [0.15, 0.2) is 36.5 Å². The average Bonchev–Trinajstić information content (AvgIpc) is 3.06. The summed E-state index contributed by atoms with van der Waals surface area (Å²) in [6.07, 6.45) is 45.8. The van der Waals surface area contributed by atoms with Crippen molar-refractivity contribution in [1.82, 2.24) is 5.32 Å². The van der Waals surface area contributed by atoms with Crippen LogP contribution in [0, 0.1) is 0 Å². The van der Waals surface area contributed by atoms with E-state index >= 15 is 0 Å². The molecule has 0 bridgehead atoms. The van der Waals surface area contributed by atoms with E-state index in [1.54, 1.807) is 6.08 Å². The lowest BCUT2D eigenvalue weighted by molar-refractivity contribution is -0.124. The van der Waals surface area contributed by atoms with Gasteiger partial charge in [0, 0.05) is 0 Å². The molecule has 276 valence electrons. The number of carbonyl (C=O) groups is 1. The molecule has 0 aromatic rings. The van der Waals surface area contributed by atoms with Gasteiger partial charge in [-0.1, -0.05) is 185 Å². The Morgan fingerprint density at radius 2 is 0.915 bits per heavy atom. The van der Waals surface area contributed by atoms with Crippen LogP contribution in [0.3, 0.4) is 0 Å². The fourth-order valence-electron chi connectivity index (χ4n) is 6.02. The normalized spacial score (nSPS) is 14.1. The molecule has 0 heterocycles. The largest absolute Gasteiger partial charge is 0.394 e. The minimum absolute atomic E-state index is 0.00335. The van der Waals surface area contributed by atoms with E-state index in [1.807, 2.05) is 6.08 Å². The van der Waals surface area contributed by atoms with Gasteiger partial charge in [0.1, 0.15) is 0 Å². The van der Waals surface area contributed by atoms with Gasteiger partial charge in [-0.2, -0.15) is 0 Å². The SMILES string of the molecule is CCCCCCCCCCCCCCC/C=C/CC/C=C/CC/C=C/C(O)C(CO)NC(=O)CC(O)CCCCCCCCCCC. The van der Waals surface area contributed by atoms with Crippen molar-refractivity contribution >= 4 is 5.91 Å². The molecule has 0 aromatic heterocycles. The first kappa shape index (κ1) is 45.6. The Labute approximate surface area is 292 Å². The van der Waals surface area contributed by atoms with Crippen LogP contribution < -0.4 is 5.32 Å². The van der Waals surface area contributed by atoms with Crippen LogP contribution in [-0.2, 0) is 4.79 Å². The molecule has 0 saturated carbocycles. The van der Waals surface area contributed by atoms with Crippen molar-refractivity contribution in [2.75, 3.05) is 6.61 Å². The fraction of sp³-hybridized carbons (Fsp3) is 0.833. The lowest BCUT2D eigenvalue weighted by atomic mass is 10.0. The lowest BCUT2D eigenvalue weighted by Gasteiger charge is -2.21. The van der Waals surface area contributed by atoms with Gasteiger partial charge >= 0.3 is 0 Å². The van der Waals surface area contributed by atoms with Crippen molar-refractivity contribution in [2.24, 2.45) is 0 Å². The summed E-state index contributed by atoms with van der Waals surface area (Å²) in [5, 5.41) is 33.0. The Morgan fingerprint density at radius 3 is 1.36 bits per heavy atom. The molecule has 0 radical (unpaired) electrons. The smallest absolute Gasteiger partial charge is 0.222 e. The van der Waals surface area contributed by atoms with Crippen molar-refractivity contribution in [3.63, 3.8) is 0 Å². The molecule has 3 atom stereocenters. The third-order valence-corrected chi connectivity index (χ3v) is 9.16. The zero-order valence-corrected chi connectivity index (χ0v) is 31.2. The quantitative estimate of drug-likeness (QED) is 0.0397. The third kappa shape index (κ3) is 34.2. The van der Waals surface area contributed by atoms with Crippen molar-refractivity contribution in [2.45, 2.75) is 218 Å². The second-order valence-electron chi connectivity index (χ2n) is 13.9. The summed E-state index contributed by atoms with van der Waals surface area (Å²) in [6.45, 7) is 4.17. The van der Waals surface area contributed by atoms with E-state index in [9.17, 15) is 20.1 Å². The molecular formula is C42H79NO4.